The molecule has 5 rings (SSSR count). The average Bonchev–Trinajstić information content (AvgIpc) is 3.12. The van der Waals surface area contributed by atoms with Gasteiger partial charge in [0.1, 0.15) is 16.5 Å². The molecule has 0 unspecified atom stereocenters. The van der Waals surface area contributed by atoms with Gasteiger partial charge in [-0.2, -0.15) is 0 Å². The number of aryl methyl sites for hydroxylation is 1. The van der Waals surface area contributed by atoms with E-state index in [1.807, 2.05) is 55.5 Å². The highest BCUT2D eigenvalue weighted by molar-refractivity contribution is 6.53. The maximum Gasteiger partial charge on any atom is 0.283 e. The van der Waals surface area contributed by atoms with Crippen LogP contribution in [-0.4, -0.2) is 24.8 Å². The zero-order chi connectivity index (χ0) is 26.1. The predicted octanol–water partition coefficient (Wildman–Crippen LogP) is 5.84. The molecule has 0 saturated heterocycles. The number of carbonyl (C=O) groups excluding carboxylic acids is 3. The van der Waals surface area contributed by atoms with Gasteiger partial charge in [0.2, 0.25) is 0 Å². The van der Waals surface area contributed by atoms with Gasteiger partial charge in [0.25, 0.3) is 17.7 Å². The maximum atomic E-state index is 13.2. The van der Waals surface area contributed by atoms with Crippen molar-refractivity contribution in [1.82, 2.24) is 0 Å². The number of rotatable bonds is 6. The minimum Gasteiger partial charge on any atom is -0.495 e. The Labute approximate surface area is 218 Å². The SMILES string of the molecule is COc1ccc(C)cc1N1C(=O)C(Cl)=C(Nc2ccc(C(=O)Nc3cccc4ccccc34)cc2)C1=O. The maximum absolute atomic E-state index is 13.2. The van der Waals surface area contributed by atoms with Gasteiger partial charge in [-0.05, 0) is 60.3 Å². The first kappa shape index (κ1) is 24.1. The van der Waals surface area contributed by atoms with Crippen LogP contribution in [0.25, 0.3) is 10.8 Å². The second kappa shape index (κ2) is 9.79. The first-order valence-electron chi connectivity index (χ1n) is 11.5. The second-order valence-electron chi connectivity index (χ2n) is 8.49. The lowest BCUT2D eigenvalue weighted by molar-refractivity contribution is -0.120. The van der Waals surface area contributed by atoms with Crippen molar-refractivity contribution in [2.75, 3.05) is 22.6 Å². The summed E-state index contributed by atoms with van der Waals surface area (Å²) in [6.07, 6.45) is 0. The van der Waals surface area contributed by atoms with E-state index in [1.54, 1.807) is 36.4 Å². The molecular weight excluding hydrogens is 490 g/mol. The molecule has 4 aromatic rings. The standard InChI is InChI=1S/C29H22ClN3O4/c1-17-10-15-24(37-2)23(16-17)33-28(35)25(30)26(29(33)36)31-20-13-11-19(12-14-20)27(34)32-22-9-5-7-18-6-3-4-8-21(18)22/h3-16,31H,1-2H3,(H,32,34). The van der Waals surface area contributed by atoms with Crippen LogP contribution >= 0.6 is 11.6 Å². The molecule has 8 heteroatoms. The van der Waals surface area contributed by atoms with E-state index >= 15 is 0 Å². The zero-order valence-corrected chi connectivity index (χ0v) is 20.8. The Balaban J connectivity index is 1.34. The van der Waals surface area contributed by atoms with Crippen molar-refractivity contribution in [3.05, 3.63) is 107 Å². The van der Waals surface area contributed by atoms with E-state index in [1.165, 1.54) is 7.11 Å². The van der Waals surface area contributed by atoms with Crippen LogP contribution in [0.2, 0.25) is 0 Å². The summed E-state index contributed by atoms with van der Waals surface area (Å²) in [5.41, 5.74) is 2.75. The van der Waals surface area contributed by atoms with Gasteiger partial charge >= 0.3 is 0 Å². The molecule has 1 aliphatic rings. The minimum atomic E-state index is -0.649. The van der Waals surface area contributed by atoms with Gasteiger partial charge in [0.05, 0.1) is 12.8 Å². The average molecular weight is 512 g/mol. The van der Waals surface area contributed by atoms with Crippen molar-refractivity contribution in [3.63, 3.8) is 0 Å². The summed E-state index contributed by atoms with van der Waals surface area (Å²) in [4.78, 5) is 39.9. The molecule has 0 atom stereocenters. The van der Waals surface area contributed by atoms with Crippen molar-refractivity contribution in [2.45, 2.75) is 6.92 Å². The molecule has 2 N–H and O–H groups in total. The number of halogens is 1. The second-order valence-corrected chi connectivity index (χ2v) is 8.87. The summed E-state index contributed by atoms with van der Waals surface area (Å²) < 4.78 is 5.33. The third-order valence-electron chi connectivity index (χ3n) is 6.06. The van der Waals surface area contributed by atoms with Crippen molar-refractivity contribution >= 4 is 57.2 Å². The van der Waals surface area contributed by atoms with Gasteiger partial charge < -0.3 is 15.4 Å². The summed E-state index contributed by atoms with van der Waals surface area (Å²) in [6, 6.07) is 25.2. The molecule has 3 amide bonds. The van der Waals surface area contributed by atoms with E-state index in [0.29, 0.717) is 28.4 Å². The third kappa shape index (κ3) is 4.52. The van der Waals surface area contributed by atoms with E-state index in [9.17, 15) is 14.4 Å². The summed E-state index contributed by atoms with van der Waals surface area (Å²) in [6.45, 7) is 1.85. The van der Waals surface area contributed by atoms with Crippen LogP contribution in [0.5, 0.6) is 5.75 Å². The lowest BCUT2D eigenvalue weighted by Crippen LogP contribution is -2.32. The fraction of sp³-hybridized carbons (Fsp3) is 0.0690. The summed E-state index contributed by atoms with van der Waals surface area (Å²) in [7, 11) is 1.46. The number of hydrogen-bond donors (Lipinski definition) is 2. The Kier molecular flexibility index (Phi) is 6.38. The van der Waals surface area contributed by atoms with Gasteiger partial charge in [0.15, 0.2) is 0 Å². The number of nitrogens with one attached hydrogen (secondary N) is 2. The van der Waals surface area contributed by atoms with Crippen LogP contribution in [0, 0.1) is 6.92 Å². The fourth-order valence-corrected chi connectivity index (χ4v) is 4.40. The Morgan fingerprint density at radius 2 is 1.62 bits per heavy atom. The Morgan fingerprint density at radius 1 is 0.892 bits per heavy atom. The highest BCUT2D eigenvalue weighted by atomic mass is 35.5. The molecule has 0 aromatic heterocycles. The van der Waals surface area contributed by atoms with Crippen LogP contribution in [0.4, 0.5) is 17.1 Å². The molecule has 1 heterocycles. The number of hydrogen-bond acceptors (Lipinski definition) is 5. The molecule has 184 valence electrons. The summed E-state index contributed by atoms with van der Waals surface area (Å²) in [5.74, 6) is -1.15. The lowest BCUT2D eigenvalue weighted by atomic mass is 10.1. The normalized spacial score (nSPS) is 13.3. The predicted molar refractivity (Wildman–Crippen MR) is 145 cm³/mol. The van der Waals surface area contributed by atoms with E-state index in [2.05, 4.69) is 10.6 Å². The molecule has 1 aliphatic heterocycles. The molecule has 37 heavy (non-hydrogen) atoms. The molecule has 0 bridgehead atoms. The first-order valence-corrected chi connectivity index (χ1v) is 11.8. The molecule has 4 aromatic carbocycles. The van der Waals surface area contributed by atoms with Crippen LogP contribution in [0.15, 0.2) is 95.7 Å². The molecule has 0 spiro atoms. The largest absolute Gasteiger partial charge is 0.495 e. The number of methoxy groups -OCH3 is 1. The summed E-state index contributed by atoms with van der Waals surface area (Å²) in [5, 5.41) is 7.61. The Hall–Kier alpha value is -4.62. The minimum absolute atomic E-state index is 0.0526. The number of amides is 3. The van der Waals surface area contributed by atoms with E-state index in [0.717, 1.165) is 21.2 Å². The highest BCUT2D eigenvalue weighted by Gasteiger charge is 2.40. The number of nitrogens with zero attached hydrogens (tertiary/aromatic N) is 1. The highest BCUT2D eigenvalue weighted by Crippen LogP contribution is 2.36. The van der Waals surface area contributed by atoms with Crippen molar-refractivity contribution < 1.29 is 19.1 Å². The van der Waals surface area contributed by atoms with Gasteiger partial charge in [-0.1, -0.05) is 54.1 Å². The topological polar surface area (TPSA) is 87.7 Å². The first-order chi connectivity index (χ1) is 17.9. The number of anilines is 3. The van der Waals surface area contributed by atoms with E-state index in [-0.39, 0.29) is 16.6 Å². The molecular formula is C29H22ClN3O4. The Morgan fingerprint density at radius 3 is 2.38 bits per heavy atom. The monoisotopic (exact) mass is 511 g/mol. The van der Waals surface area contributed by atoms with Gasteiger partial charge in [-0.25, -0.2) is 4.90 Å². The summed E-state index contributed by atoms with van der Waals surface area (Å²) >= 11 is 6.27. The molecule has 7 nitrogen and oxygen atoms in total. The third-order valence-corrected chi connectivity index (χ3v) is 6.41. The number of carbonyl (C=O) groups is 3. The number of imide groups is 1. The number of ether oxygens (including phenoxy) is 1. The molecule has 0 saturated carbocycles. The number of fused-ring (bicyclic) bond motifs is 1. The quantitative estimate of drug-likeness (QED) is 0.317. The smallest absolute Gasteiger partial charge is 0.283 e. The zero-order valence-electron chi connectivity index (χ0n) is 20.0. The van der Waals surface area contributed by atoms with Crippen LogP contribution in [0.3, 0.4) is 0 Å². The Bertz CT molecular complexity index is 1590. The van der Waals surface area contributed by atoms with Gasteiger partial charge in [-0.15, -0.1) is 0 Å². The van der Waals surface area contributed by atoms with E-state index in [4.69, 9.17) is 16.3 Å². The van der Waals surface area contributed by atoms with Crippen molar-refractivity contribution in [2.24, 2.45) is 0 Å². The fourth-order valence-electron chi connectivity index (χ4n) is 4.18. The van der Waals surface area contributed by atoms with Gasteiger partial charge in [-0.3, -0.25) is 14.4 Å². The molecule has 0 aliphatic carbocycles. The molecule has 0 fully saturated rings. The van der Waals surface area contributed by atoms with Gasteiger partial charge in [0, 0.05) is 22.3 Å². The number of benzene rings is 4. The van der Waals surface area contributed by atoms with Crippen LogP contribution in [-0.2, 0) is 9.59 Å². The van der Waals surface area contributed by atoms with Crippen molar-refractivity contribution in [3.8, 4) is 5.75 Å². The molecule has 0 radical (unpaired) electrons. The van der Waals surface area contributed by atoms with E-state index < -0.39 is 11.8 Å². The van der Waals surface area contributed by atoms with Crippen LogP contribution in [0.1, 0.15) is 15.9 Å². The van der Waals surface area contributed by atoms with Crippen LogP contribution < -0.4 is 20.3 Å². The lowest BCUT2D eigenvalue weighted by Gasteiger charge is -2.18. The van der Waals surface area contributed by atoms with Crippen molar-refractivity contribution in [1.29, 1.82) is 0 Å².